The third-order valence-corrected chi connectivity index (χ3v) is 2.46. The molecule has 15 heavy (non-hydrogen) atoms. The van der Waals surface area contributed by atoms with Gasteiger partial charge in [-0.05, 0) is 18.2 Å². The second kappa shape index (κ2) is 4.10. The van der Waals surface area contributed by atoms with Gasteiger partial charge in [0.25, 0.3) is 0 Å². The average molecular weight is 274 g/mol. The monoisotopic (exact) mass is 273 g/mol. The predicted octanol–water partition coefficient (Wildman–Crippen LogP) is 3.51. The zero-order valence-corrected chi connectivity index (χ0v) is 9.09. The van der Waals surface area contributed by atoms with E-state index in [4.69, 9.17) is 4.52 Å². The number of hydrogen-bond acceptors (Lipinski definition) is 2. The Morgan fingerprint density at radius 3 is 2.60 bits per heavy atom. The summed E-state index contributed by atoms with van der Waals surface area (Å²) in [7, 11) is 0. The molecule has 2 rings (SSSR count). The molecule has 0 aliphatic rings. The molecule has 78 valence electrons. The van der Waals surface area contributed by atoms with Crippen LogP contribution in [0.4, 0.5) is 8.78 Å². The molecule has 2 aromatic rings. The molecule has 0 N–H and O–H groups in total. The largest absolute Gasteiger partial charge is 0.360 e. The van der Waals surface area contributed by atoms with E-state index in [0.29, 0.717) is 22.3 Å². The number of aromatic nitrogens is 1. The van der Waals surface area contributed by atoms with Crippen molar-refractivity contribution >= 4 is 15.9 Å². The molecule has 1 heterocycles. The number of halogens is 3. The van der Waals surface area contributed by atoms with Gasteiger partial charge in [0.2, 0.25) is 0 Å². The number of rotatable bonds is 2. The molecule has 0 atom stereocenters. The molecule has 0 aliphatic heterocycles. The lowest BCUT2D eigenvalue weighted by atomic mass is 10.1. The fraction of sp³-hybridized carbons (Fsp3) is 0.100. The maximum atomic E-state index is 12.9. The second-order valence-electron chi connectivity index (χ2n) is 2.94. The van der Waals surface area contributed by atoms with Crippen molar-refractivity contribution in [2.24, 2.45) is 0 Å². The summed E-state index contributed by atoms with van der Waals surface area (Å²) in [5.74, 6) is -1.13. The summed E-state index contributed by atoms with van der Waals surface area (Å²) in [5, 5.41) is 4.27. The van der Waals surface area contributed by atoms with E-state index in [0.717, 1.165) is 12.1 Å². The highest BCUT2D eigenvalue weighted by molar-refractivity contribution is 9.08. The molecule has 0 radical (unpaired) electrons. The van der Waals surface area contributed by atoms with E-state index < -0.39 is 11.6 Å². The van der Waals surface area contributed by atoms with Crippen molar-refractivity contribution in [2.75, 3.05) is 0 Å². The Bertz CT molecular complexity index is 484. The lowest BCUT2D eigenvalue weighted by molar-refractivity contribution is 0.398. The molecule has 0 fully saturated rings. The summed E-state index contributed by atoms with van der Waals surface area (Å²) >= 11 is 3.20. The first kappa shape index (κ1) is 10.3. The van der Waals surface area contributed by atoms with Gasteiger partial charge in [-0.15, -0.1) is 0 Å². The first-order chi connectivity index (χ1) is 7.20. The van der Waals surface area contributed by atoms with Gasteiger partial charge in [0.05, 0.1) is 5.33 Å². The Kier molecular flexibility index (Phi) is 2.81. The van der Waals surface area contributed by atoms with Crippen LogP contribution in [-0.4, -0.2) is 5.16 Å². The van der Waals surface area contributed by atoms with E-state index >= 15 is 0 Å². The normalized spacial score (nSPS) is 10.6. The second-order valence-corrected chi connectivity index (χ2v) is 3.50. The summed E-state index contributed by atoms with van der Waals surface area (Å²) < 4.78 is 30.5. The van der Waals surface area contributed by atoms with Crippen LogP contribution < -0.4 is 0 Å². The molecule has 0 spiro atoms. The van der Waals surface area contributed by atoms with Crippen LogP contribution in [0.25, 0.3) is 11.3 Å². The lowest BCUT2D eigenvalue weighted by Crippen LogP contribution is -1.84. The van der Waals surface area contributed by atoms with Crippen molar-refractivity contribution in [2.45, 2.75) is 5.33 Å². The first-order valence-electron chi connectivity index (χ1n) is 4.17. The predicted molar refractivity (Wildman–Crippen MR) is 54.5 cm³/mol. The van der Waals surface area contributed by atoms with Gasteiger partial charge in [0.1, 0.15) is 11.5 Å². The minimum atomic E-state index is -0.893. The van der Waals surface area contributed by atoms with E-state index in [1.807, 2.05) is 0 Å². The molecule has 2 nitrogen and oxygen atoms in total. The molecule has 0 unspecified atom stereocenters. The third kappa shape index (κ3) is 2.07. The van der Waals surface area contributed by atoms with Crippen LogP contribution >= 0.6 is 15.9 Å². The minimum Gasteiger partial charge on any atom is -0.360 e. The Morgan fingerprint density at radius 2 is 2.00 bits per heavy atom. The number of alkyl halides is 1. The van der Waals surface area contributed by atoms with Crippen molar-refractivity contribution < 1.29 is 13.3 Å². The zero-order valence-electron chi connectivity index (χ0n) is 7.51. The zero-order chi connectivity index (χ0) is 10.8. The maximum absolute atomic E-state index is 12.9. The molecular formula is C10H6BrF2NO. The molecule has 0 amide bonds. The molecule has 0 saturated heterocycles. The summed E-state index contributed by atoms with van der Waals surface area (Å²) in [6.07, 6.45) is 0. The Labute approximate surface area is 93.0 Å². The summed E-state index contributed by atoms with van der Waals surface area (Å²) in [4.78, 5) is 0. The van der Waals surface area contributed by atoms with Crippen molar-refractivity contribution in [3.05, 3.63) is 41.7 Å². The third-order valence-electron chi connectivity index (χ3n) is 1.91. The van der Waals surface area contributed by atoms with Gasteiger partial charge < -0.3 is 4.52 Å². The molecule has 0 aliphatic carbocycles. The van der Waals surface area contributed by atoms with Crippen LogP contribution in [0.5, 0.6) is 0 Å². The lowest BCUT2D eigenvalue weighted by Gasteiger charge is -1.96. The smallest absolute Gasteiger partial charge is 0.159 e. The number of nitrogens with zero attached hydrogens (tertiary/aromatic N) is 1. The SMILES string of the molecule is Fc1ccc(-c2cc(CBr)on2)cc1F. The summed E-state index contributed by atoms with van der Waals surface area (Å²) in [5.41, 5.74) is 0.980. The van der Waals surface area contributed by atoms with Gasteiger partial charge in [-0.2, -0.15) is 0 Å². The van der Waals surface area contributed by atoms with E-state index in [9.17, 15) is 8.78 Å². The molecule has 1 aromatic carbocycles. The highest BCUT2D eigenvalue weighted by Gasteiger charge is 2.08. The maximum Gasteiger partial charge on any atom is 0.159 e. The van der Waals surface area contributed by atoms with E-state index in [2.05, 4.69) is 21.1 Å². The van der Waals surface area contributed by atoms with Crippen molar-refractivity contribution in [1.82, 2.24) is 5.16 Å². The first-order valence-corrected chi connectivity index (χ1v) is 5.30. The van der Waals surface area contributed by atoms with Gasteiger partial charge in [0.15, 0.2) is 11.6 Å². The number of benzene rings is 1. The van der Waals surface area contributed by atoms with Crippen molar-refractivity contribution in [3.8, 4) is 11.3 Å². The molecule has 5 heteroatoms. The summed E-state index contributed by atoms with van der Waals surface area (Å²) in [6, 6.07) is 5.27. The van der Waals surface area contributed by atoms with Crippen LogP contribution in [-0.2, 0) is 5.33 Å². The van der Waals surface area contributed by atoms with Crippen LogP contribution in [0.3, 0.4) is 0 Å². The van der Waals surface area contributed by atoms with Gasteiger partial charge in [-0.1, -0.05) is 21.1 Å². The fourth-order valence-electron chi connectivity index (χ4n) is 1.17. The van der Waals surface area contributed by atoms with Crippen molar-refractivity contribution in [1.29, 1.82) is 0 Å². The topological polar surface area (TPSA) is 26.0 Å². The standard InChI is InChI=1S/C10H6BrF2NO/c11-5-7-4-10(14-15-7)6-1-2-8(12)9(13)3-6/h1-4H,5H2. The van der Waals surface area contributed by atoms with Gasteiger partial charge in [-0.25, -0.2) is 8.78 Å². The highest BCUT2D eigenvalue weighted by atomic mass is 79.9. The highest BCUT2D eigenvalue weighted by Crippen LogP contribution is 2.22. The van der Waals surface area contributed by atoms with E-state index in [-0.39, 0.29) is 0 Å². The quantitative estimate of drug-likeness (QED) is 0.783. The molecular weight excluding hydrogens is 268 g/mol. The van der Waals surface area contributed by atoms with Gasteiger partial charge >= 0.3 is 0 Å². The Hall–Kier alpha value is -1.23. The Morgan fingerprint density at radius 1 is 1.20 bits per heavy atom. The molecule has 1 aromatic heterocycles. The van der Waals surface area contributed by atoms with E-state index in [1.165, 1.54) is 6.07 Å². The van der Waals surface area contributed by atoms with Crippen molar-refractivity contribution in [3.63, 3.8) is 0 Å². The fourth-order valence-corrected chi connectivity index (χ4v) is 1.43. The minimum absolute atomic E-state index is 0.489. The van der Waals surface area contributed by atoms with Crippen LogP contribution in [0.1, 0.15) is 5.76 Å². The van der Waals surface area contributed by atoms with Crippen LogP contribution in [0, 0.1) is 11.6 Å². The number of hydrogen-bond donors (Lipinski definition) is 0. The average Bonchev–Trinajstić information content (AvgIpc) is 2.70. The van der Waals surface area contributed by atoms with Crippen LogP contribution in [0.15, 0.2) is 28.8 Å². The van der Waals surface area contributed by atoms with Crippen LogP contribution in [0.2, 0.25) is 0 Å². The Balaban J connectivity index is 2.40. The molecule has 0 bridgehead atoms. The summed E-state index contributed by atoms with van der Waals surface area (Å²) in [6.45, 7) is 0. The van der Waals surface area contributed by atoms with E-state index in [1.54, 1.807) is 6.07 Å². The molecule has 0 saturated carbocycles. The van der Waals surface area contributed by atoms with Gasteiger partial charge in [-0.3, -0.25) is 0 Å². The van der Waals surface area contributed by atoms with Gasteiger partial charge in [0, 0.05) is 11.6 Å².